The molecule has 0 saturated carbocycles. The summed E-state index contributed by atoms with van der Waals surface area (Å²) >= 11 is 0. The summed E-state index contributed by atoms with van der Waals surface area (Å²) in [5.41, 5.74) is 0. The molecule has 1 atom stereocenters. The topological polar surface area (TPSA) is 40.5 Å². The summed E-state index contributed by atoms with van der Waals surface area (Å²) in [6.45, 7) is 2.39. The lowest BCUT2D eigenvalue weighted by atomic mass is 10.0. The van der Waals surface area contributed by atoms with Crippen molar-refractivity contribution in [2.24, 2.45) is 0 Å². The van der Waals surface area contributed by atoms with Gasteiger partial charge in [-0.2, -0.15) is 0 Å². The molecule has 9 heavy (non-hydrogen) atoms. The second kappa shape index (κ2) is 4.21. The van der Waals surface area contributed by atoms with Crippen LogP contribution in [-0.4, -0.2) is 28.6 Å². The summed E-state index contributed by atoms with van der Waals surface area (Å²) in [6, 6.07) is 0. The van der Waals surface area contributed by atoms with Gasteiger partial charge in [-0.15, -0.1) is 9.24 Å². The van der Waals surface area contributed by atoms with Crippen LogP contribution in [0.3, 0.4) is 0 Å². The molecule has 0 radical (unpaired) electrons. The number of aliphatic hydroxyl groups is 2. The van der Waals surface area contributed by atoms with Crippen molar-refractivity contribution in [2.45, 2.75) is 24.9 Å². The Balaban J connectivity index is 3.43. The van der Waals surface area contributed by atoms with E-state index in [2.05, 4.69) is 9.24 Å². The molecule has 0 fully saturated rings. The first-order valence-corrected chi connectivity index (χ1v) is 3.71. The molecule has 2 N–H and O–H groups in total. The van der Waals surface area contributed by atoms with E-state index < -0.39 is 0 Å². The van der Waals surface area contributed by atoms with Crippen molar-refractivity contribution in [1.29, 1.82) is 0 Å². The fourth-order valence-electron chi connectivity index (χ4n) is 0.636. The second-order valence-corrected chi connectivity index (χ2v) is 4.00. The molecule has 0 bridgehead atoms. The fourth-order valence-corrected chi connectivity index (χ4v) is 0.894. The molecule has 3 heteroatoms. The van der Waals surface area contributed by atoms with Crippen LogP contribution in [0.2, 0.25) is 0 Å². The lowest BCUT2D eigenvalue weighted by Gasteiger charge is -2.21. The van der Waals surface area contributed by atoms with Crippen molar-refractivity contribution in [3.8, 4) is 0 Å². The van der Waals surface area contributed by atoms with Gasteiger partial charge in [-0.1, -0.05) is 6.92 Å². The van der Waals surface area contributed by atoms with Crippen molar-refractivity contribution >= 4 is 9.24 Å². The summed E-state index contributed by atoms with van der Waals surface area (Å²) in [7, 11) is 2.64. The van der Waals surface area contributed by atoms with Gasteiger partial charge in [0.25, 0.3) is 0 Å². The molecule has 0 amide bonds. The molecule has 0 aromatic carbocycles. The molecule has 0 aliphatic heterocycles. The van der Waals surface area contributed by atoms with Gasteiger partial charge in [-0.3, -0.25) is 0 Å². The summed E-state index contributed by atoms with van der Waals surface area (Å²) in [5, 5.41) is 17.1. The Morgan fingerprint density at radius 3 is 1.78 bits per heavy atom. The highest BCUT2D eigenvalue weighted by atomic mass is 31.0. The van der Waals surface area contributed by atoms with Crippen molar-refractivity contribution < 1.29 is 10.2 Å². The molecule has 2 nitrogen and oxygen atoms in total. The largest absolute Gasteiger partial charge is 0.396 e. The summed E-state index contributed by atoms with van der Waals surface area (Å²) in [5.74, 6) is 0. The Morgan fingerprint density at radius 2 is 1.56 bits per heavy atom. The average molecular weight is 150 g/mol. The Kier molecular flexibility index (Phi) is 4.37. The Bertz CT molecular complexity index is 65.5. The third kappa shape index (κ3) is 4.83. The van der Waals surface area contributed by atoms with E-state index in [0.29, 0.717) is 0 Å². The number of hydrogen-bond donors (Lipinski definition) is 2. The predicted molar refractivity (Wildman–Crippen MR) is 41.5 cm³/mol. The van der Waals surface area contributed by atoms with E-state index in [1.165, 1.54) is 0 Å². The first-order chi connectivity index (χ1) is 4.12. The third-order valence-corrected chi connectivity index (χ3v) is 1.94. The number of hydrogen-bond acceptors (Lipinski definition) is 2. The summed E-state index contributed by atoms with van der Waals surface area (Å²) < 4.78 is 0. The molecule has 0 heterocycles. The quantitative estimate of drug-likeness (QED) is 0.569. The van der Waals surface area contributed by atoms with Gasteiger partial charge in [0.1, 0.15) is 0 Å². The third-order valence-electron chi connectivity index (χ3n) is 1.37. The minimum Gasteiger partial charge on any atom is -0.396 e. The predicted octanol–water partition coefficient (Wildman–Crippen LogP) is 0.385. The molecular formula is C6H15O2P. The maximum atomic E-state index is 8.53. The second-order valence-electron chi connectivity index (χ2n) is 2.60. The minimum absolute atomic E-state index is 0.0174. The van der Waals surface area contributed by atoms with Crippen molar-refractivity contribution in [2.75, 3.05) is 13.2 Å². The van der Waals surface area contributed by atoms with Crippen LogP contribution in [0.25, 0.3) is 0 Å². The van der Waals surface area contributed by atoms with E-state index in [9.17, 15) is 0 Å². The molecular weight excluding hydrogens is 135 g/mol. The van der Waals surface area contributed by atoms with E-state index in [1.807, 2.05) is 6.92 Å². The van der Waals surface area contributed by atoms with Gasteiger partial charge in [-0.25, -0.2) is 0 Å². The normalized spacial score (nSPS) is 12.0. The Morgan fingerprint density at radius 1 is 1.22 bits per heavy atom. The van der Waals surface area contributed by atoms with E-state index in [4.69, 9.17) is 10.2 Å². The van der Waals surface area contributed by atoms with Gasteiger partial charge in [0.2, 0.25) is 0 Å². The van der Waals surface area contributed by atoms with Gasteiger partial charge in [0.15, 0.2) is 0 Å². The van der Waals surface area contributed by atoms with Crippen LogP contribution in [0.4, 0.5) is 0 Å². The van der Waals surface area contributed by atoms with Gasteiger partial charge < -0.3 is 10.2 Å². The Labute approximate surface area is 58.5 Å². The summed E-state index contributed by atoms with van der Waals surface area (Å²) in [4.78, 5) is 0. The average Bonchev–Trinajstić information content (AvgIpc) is 1.64. The highest BCUT2D eigenvalue weighted by molar-refractivity contribution is 7.18. The van der Waals surface area contributed by atoms with E-state index >= 15 is 0 Å². The van der Waals surface area contributed by atoms with Gasteiger partial charge in [-0.05, 0) is 18.0 Å². The molecule has 0 aliphatic carbocycles. The SMILES string of the molecule is CC(P)(CCO)CCO. The van der Waals surface area contributed by atoms with Crippen molar-refractivity contribution in [1.82, 2.24) is 0 Å². The lowest BCUT2D eigenvalue weighted by Crippen LogP contribution is -2.18. The van der Waals surface area contributed by atoms with Crippen molar-refractivity contribution in [3.63, 3.8) is 0 Å². The van der Waals surface area contributed by atoms with Crippen LogP contribution < -0.4 is 0 Å². The van der Waals surface area contributed by atoms with E-state index in [-0.39, 0.29) is 18.4 Å². The minimum atomic E-state index is 0.0174. The molecule has 1 unspecified atom stereocenters. The maximum absolute atomic E-state index is 8.53. The van der Waals surface area contributed by atoms with Crippen molar-refractivity contribution in [3.05, 3.63) is 0 Å². The van der Waals surface area contributed by atoms with Crippen LogP contribution in [0.1, 0.15) is 19.8 Å². The van der Waals surface area contributed by atoms with E-state index in [1.54, 1.807) is 0 Å². The fraction of sp³-hybridized carbons (Fsp3) is 1.00. The maximum Gasteiger partial charge on any atom is 0.0439 e. The molecule has 0 rings (SSSR count). The molecule has 0 aliphatic rings. The first-order valence-electron chi connectivity index (χ1n) is 3.13. The van der Waals surface area contributed by atoms with Crippen LogP contribution in [0.15, 0.2) is 0 Å². The van der Waals surface area contributed by atoms with Gasteiger partial charge >= 0.3 is 0 Å². The molecule has 0 aromatic rings. The monoisotopic (exact) mass is 150 g/mol. The molecule has 56 valence electrons. The smallest absolute Gasteiger partial charge is 0.0439 e. The van der Waals surface area contributed by atoms with Gasteiger partial charge in [0.05, 0.1) is 0 Å². The number of aliphatic hydroxyl groups excluding tert-OH is 2. The van der Waals surface area contributed by atoms with Crippen LogP contribution in [-0.2, 0) is 0 Å². The highest BCUT2D eigenvalue weighted by Crippen LogP contribution is 2.24. The Hall–Kier alpha value is 0.350. The zero-order valence-electron chi connectivity index (χ0n) is 5.80. The van der Waals surface area contributed by atoms with E-state index in [0.717, 1.165) is 12.8 Å². The van der Waals surface area contributed by atoms with Crippen LogP contribution >= 0.6 is 9.24 Å². The standard InChI is InChI=1S/C6H15O2P/c1-6(9,2-4-7)3-5-8/h7-8H,2-5,9H2,1H3. The van der Waals surface area contributed by atoms with Crippen LogP contribution in [0.5, 0.6) is 0 Å². The summed E-state index contributed by atoms with van der Waals surface area (Å²) in [6.07, 6.45) is 1.47. The van der Waals surface area contributed by atoms with Crippen LogP contribution in [0, 0.1) is 0 Å². The van der Waals surface area contributed by atoms with Gasteiger partial charge in [0, 0.05) is 13.2 Å². The number of rotatable bonds is 4. The zero-order chi connectivity index (χ0) is 7.33. The molecule has 0 spiro atoms. The zero-order valence-corrected chi connectivity index (χ0v) is 6.95. The molecule has 0 aromatic heterocycles. The lowest BCUT2D eigenvalue weighted by molar-refractivity contribution is 0.236. The molecule has 0 saturated heterocycles. The highest BCUT2D eigenvalue weighted by Gasteiger charge is 2.15. The first kappa shape index (κ1) is 9.35.